The van der Waals surface area contributed by atoms with Gasteiger partial charge < -0.3 is 10.6 Å². The van der Waals surface area contributed by atoms with Crippen molar-refractivity contribution in [3.05, 3.63) is 15.6 Å². The van der Waals surface area contributed by atoms with E-state index in [1.165, 1.54) is 37.0 Å². The van der Waals surface area contributed by atoms with Crippen LogP contribution in [0, 0.1) is 19.8 Å². The summed E-state index contributed by atoms with van der Waals surface area (Å²) in [7, 11) is -2.84. The van der Waals surface area contributed by atoms with Gasteiger partial charge in [0.25, 0.3) is 0 Å². The van der Waals surface area contributed by atoms with E-state index in [2.05, 4.69) is 22.5 Å². The number of hydrogen-bond acceptors (Lipinski definition) is 5. The van der Waals surface area contributed by atoms with Crippen molar-refractivity contribution < 1.29 is 8.42 Å². The number of aryl methyl sites for hydroxylation is 2. The van der Waals surface area contributed by atoms with Gasteiger partial charge in [0.05, 0.1) is 23.7 Å². The van der Waals surface area contributed by atoms with Gasteiger partial charge in [0.1, 0.15) is 5.01 Å². The molecule has 1 unspecified atom stereocenters. The Labute approximate surface area is 184 Å². The van der Waals surface area contributed by atoms with Crippen LogP contribution in [-0.2, 0) is 16.4 Å². The van der Waals surface area contributed by atoms with Crippen molar-refractivity contribution in [1.82, 2.24) is 15.6 Å². The summed E-state index contributed by atoms with van der Waals surface area (Å²) in [5.41, 5.74) is 1.08. The minimum Gasteiger partial charge on any atom is -0.356 e. The Hall–Kier alpha value is -0.420. The van der Waals surface area contributed by atoms with Crippen LogP contribution in [0.25, 0.3) is 0 Å². The Morgan fingerprint density at radius 3 is 2.56 bits per heavy atom. The van der Waals surface area contributed by atoms with Gasteiger partial charge in [0.15, 0.2) is 15.8 Å². The first-order valence-electron chi connectivity index (χ1n) is 9.59. The van der Waals surface area contributed by atoms with Gasteiger partial charge in [-0.3, -0.25) is 0 Å². The summed E-state index contributed by atoms with van der Waals surface area (Å²) in [6.45, 7) is 5.33. The van der Waals surface area contributed by atoms with Crippen molar-refractivity contribution in [2.75, 3.05) is 18.1 Å². The summed E-state index contributed by atoms with van der Waals surface area (Å²) in [4.78, 5) is 10.5. The van der Waals surface area contributed by atoms with Gasteiger partial charge in [-0.05, 0) is 39.0 Å². The third kappa shape index (κ3) is 7.16. The topological polar surface area (TPSA) is 83.5 Å². The van der Waals surface area contributed by atoms with Crippen LogP contribution >= 0.6 is 35.3 Å². The van der Waals surface area contributed by atoms with Gasteiger partial charge in [-0.1, -0.05) is 19.3 Å². The zero-order valence-corrected chi connectivity index (χ0v) is 20.1. The van der Waals surface area contributed by atoms with Crippen LogP contribution in [0.5, 0.6) is 0 Å². The Balaban J connectivity index is 0.00000261. The maximum Gasteiger partial charge on any atom is 0.191 e. The minimum absolute atomic E-state index is 0. The van der Waals surface area contributed by atoms with E-state index < -0.39 is 9.84 Å². The summed E-state index contributed by atoms with van der Waals surface area (Å²) >= 11 is 1.69. The fraction of sp³-hybridized carbons (Fsp3) is 0.778. The Bertz CT molecular complexity index is 723. The second kappa shape index (κ2) is 10.4. The Kier molecular flexibility index (Phi) is 8.79. The lowest BCUT2D eigenvalue weighted by Gasteiger charge is -2.25. The first-order valence-corrected chi connectivity index (χ1v) is 12.2. The van der Waals surface area contributed by atoms with E-state index in [9.17, 15) is 8.42 Å². The van der Waals surface area contributed by atoms with E-state index in [0.29, 0.717) is 30.6 Å². The maximum absolute atomic E-state index is 11.7. The molecule has 6 nitrogen and oxygen atoms in total. The molecule has 1 aromatic rings. The molecule has 1 aliphatic carbocycles. The zero-order chi connectivity index (χ0) is 18.6. The number of hydrogen-bond donors (Lipinski definition) is 2. The number of aliphatic imine (C=N–C) groups is 1. The molecular weight excluding hydrogens is 495 g/mol. The largest absolute Gasteiger partial charge is 0.356 e. The van der Waals surface area contributed by atoms with Crippen LogP contribution < -0.4 is 10.6 Å². The van der Waals surface area contributed by atoms with Crippen LogP contribution in [0.3, 0.4) is 0 Å². The standard InChI is InChI=1S/C18H30N4O2S2.HI/c1-13-14(2)25-17(21-13)11-20-18(22-16-6-4-3-5-7-16)19-10-15-8-9-26(23,24)12-15;/h15-16H,3-12H2,1-2H3,(H2,19,20,22);1H. The number of rotatable bonds is 5. The minimum atomic E-state index is -2.84. The van der Waals surface area contributed by atoms with E-state index in [1.54, 1.807) is 11.3 Å². The number of thiazole rings is 1. The molecule has 9 heteroatoms. The molecule has 2 N–H and O–H groups in total. The van der Waals surface area contributed by atoms with Crippen molar-refractivity contribution in [1.29, 1.82) is 0 Å². The number of guanidine groups is 1. The van der Waals surface area contributed by atoms with Crippen LogP contribution in [0.15, 0.2) is 4.99 Å². The second-order valence-corrected chi connectivity index (χ2v) is 11.1. The molecule has 1 aliphatic heterocycles. The van der Waals surface area contributed by atoms with Gasteiger partial charge in [0, 0.05) is 17.5 Å². The molecule has 2 fully saturated rings. The fourth-order valence-corrected chi connectivity index (χ4v) is 6.34. The van der Waals surface area contributed by atoms with Crippen LogP contribution in [0.2, 0.25) is 0 Å². The van der Waals surface area contributed by atoms with E-state index in [4.69, 9.17) is 4.99 Å². The van der Waals surface area contributed by atoms with Crippen molar-refractivity contribution in [3.63, 3.8) is 0 Å². The highest BCUT2D eigenvalue weighted by Gasteiger charge is 2.28. The molecule has 0 radical (unpaired) electrons. The fourth-order valence-electron chi connectivity index (χ4n) is 3.62. The van der Waals surface area contributed by atoms with Crippen LogP contribution in [-0.4, -0.2) is 43.5 Å². The van der Waals surface area contributed by atoms with E-state index in [-0.39, 0.29) is 29.9 Å². The first kappa shape index (κ1) is 22.9. The molecule has 1 atom stereocenters. The van der Waals surface area contributed by atoms with Crippen LogP contribution in [0.4, 0.5) is 0 Å². The summed E-state index contributed by atoms with van der Waals surface area (Å²) in [6, 6.07) is 0.460. The van der Waals surface area contributed by atoms with Crippen molar-refractivity contribution >= 4 is 51.1 Å². The smallest absolute Gasteiger partial charge is 0.191 e. The third-order valence-corrected chi connectivity index (χ3v) is 8.17. The lowest BCUT2D eigenvalue weighted by molar-refractivity contribution is 0.408. The molecule has 2 aliphatic rings. The van der Waals surface area contributed by atoms with Gasteiger partial charge >= 0.3 is 0 Å². The quantitative estimate of drug-likeness (QED) is 0.350. The molecule has 154 valence electrons. The van der Waals surface area contributed by atoms with Gasteiger partial charge in [-0.25, -0.2) is 18.4 Å². The molecule has 0 amide bonds. The monoisotopic (exact) mass is 526 g/mol. The van der Waals surface area contributed by atoms with Gasteiger partial charge in [-0.15, -0.1) is 35.3 Å². The van der Waals surface area contributed by atoms with Gasteiger partial charge in [-0.2, -0.15) is 0 Å². The number of aromatic nitrogens is 1. The molecule has 3 rings (SSSR count). The molecule has 1 saturated carbocycles. The van der Waals surface area contributed by atoms with Crippen LogP contribution in [0.1, 0.15) is 54.1 Å². The number of nitrogens with zero attached hydrogens (tertiary/aromatic N) is 2. The Morgan fingerprint density at radius 1 is 1.22 bits per heavy atom. The SMILES string of the molecule is Cc1nc(CN=C(NCC2CCS(=O)(=O)C2)NC2CCCCC2)sc1C.I. The second-order valence-electron chi connectivity index (χ2n) is 7.54. The normalized spacial score (nSPS) is 23.0. The summed E-state index contributed by atoms with van der Waals surface area (Å²) in [5.74, 6) is 1.59. The molecule has 27 heavy (non-hydrogen) atoms. The van der Waals surface area contributed by atoms with E-state index >= 15 is 0 Å². The number of nitrogens with one attached hydrogen (secondary N) is 2. The lowest BCUT2D eigenvalue weighted by Crippen LogP contribution is -2.45. The highest BCUT2D eigenvalue weighted by molar-refractivity contribution is 14.0. The molecule has 1 saturated heterocycles. The highest BCUT2D eigenvalue weighted by atomic mass is 127. The average molecular weight is 527 g/mol. The van der Waals surface area contributed by atoms with E-state index in [1.807, 2.05) is 6.92 Å². The van der Waals surface area contributed by atoms with Crippen molar-refractivity contribution in [2.24, 2.45) is 10.9 Å². The molecule has 0 spiro atoms. The maximum atomic E-state index is 11.7. The molecule has 0 aromatic carbocycles. The number of sulfone groups is 1. The summed E-state index contributed by atoms with van der Waals surface area (Å²) < 4.78 is 23.3. The molecule has 0 bridgehead atoms. The predicted octanol–water partition coefficient (Wildman–Crippen LogP) is 3.18. The lowest BCUT2D eigenvalue weighted by atomic mass is 9.96. The summed E-state index contributed by atoms with van der Waals surface area (Å²) in [5, 5.41) is 7.97. The zero-order valence-electron chi connectivity index (χ0n) is 16.2. The van der Waals surface area contributed by atoms with Crippen molar-refractivity contribution in [2.45, 2.75) is 65.0 Å². The summed E-state index contributed by atoms with van der Waals surface area (Å²) in [6.07, 6.45) is 6.93. The molecular formula is C18H31IN4O2S2. The third-order valence-electron chi connectivity index (χ3n) is 5.28. The number of halogens is 1. The first-order chi connectivity index (χ1) is 12.4. The molecule has 2 heterocycles. The predicted molar refractivity (Wildman–Crippen MR) is 123 cm³/mol. The Morgan fingerprint density at radius 2 is 1.96 bits per heavy atom. The highest BCUT2D eigenvalue weighted by Crippen LogP contribution is 2.20. The molecule has 1 aromatic heterocycles. The van der Waals surface area contributed by atoms with Crippen molar-refractivity contribution in [3.8, 4) is 0 Å². The van der Waals surface area contributed by atoms with Gasteiger partial charge in [0.2, 0.25) is 0 Å². The van der Waals surface area contributed by atoms with E-state index in [0.717, 1.165) is 23.1 Å². The average Bonchev–Trinajstić information content (AvgIpc) is 3.12.